The minimum atomic E-state index is -0.191. The van der Waals surface area contributed by atoms with E-state index in [-0.39, 0.29) is 5.82 Å². The molecule has 1 aromatic rings. The molecule has 0 amide bonds. The van der Waals surface area contributed by atoms with Crippen molar-refractivity contribution in [2.75, 3.05) is 12.8 Å². The number of thioether (sulfide) groups is 1. The SMILES string of the molecule is CNC(Cc1ccc(Cl)cc1F)C1CCCCS1. The number of rotatable bonds is 4. The standard InChI is InChI=1S/C14H19ClFNS/c1-17-13(14-4-2-3-7-18-14)8-10-5-6-11(15)9-12(10)16/h5-6,9,13-14,17H,2-4,7-8H2,1H3. The van der Waals surface area contributed by atoms with Gasteiger partial charge in [0.25, 0.3) is 0 Å². The van der Waals surface area contributed by atoms with Crippen molar-refractivity contribution in [1.82, 2.24) is 5.32 Å². The highest BCUT2D eigenvalue weighted by Gasteiger charge is 2.23. The number of hydrogen-bond acceptors (Lipinski definition) is 2. The summed E-state index contributed by atoms with van der Waals surface area (Å²) < 4.78 is 13.8. The summed E-state index contributed by atoms with van der Waals surface area (Å²) in [6, 6.07) is 5.30. The van der Waals surface area contributed by atoms with Gasteiger partial charge in [0.05, 0.1) is 0 Å². The summed E-state index contributed by atoms with van der Waals surface area (Å²) in [4.78, 5) is 0. The average molecular weight is 288 g/mol. The summed E-state index contributed by atoms with van der Waals surface area (Å²) in [6.45, 7) is 0. The molecule has 2 unspecified atom stereocenters. The Bertz CT molecular complexity index is 393. The van der Waals surface area contributed by atoms with Crippen LogP contribution < -0.4 is 5.32 Å². The second-order valence-electron chi connectivity index (χ2n) is 4.74. The first kappa shape index (κ1) is 14.2. The Morgan fingerprint density at radius 2 is 2.33 bits per heavy atom. The Hall–Kier alpha value is -0.250. The van der Waals surface area contributed by atoms with E-state index in [0.29, 0.717) is 16.3 Å². The van der Waals surface area contributed by atoms with Gasteiger partial charge in [-0.15, -0.1) is 0 Å². The van der Waals surface area contributed by atoms with E-state index in [1.807, 2.05) is 18.8 Å². The van der Waals surface area contributed by atoms with Crippen LogP contribution in [0.4, 0.5) is 4.39 Å². The molecular formula is C14H19ClFNS. The summed E-state index contributed by atoms with van der Waals surface area (Å²) in [5, 5.41) is 4.40. The monoisotopic (exact) mass is 287 g/mol. The molecule has 1 fully saturated rings. The van der Waals surface area contributed by atoms with Crippen molar-refractivity contribution < 1.29 is 4.39 Å². The lowest BCUT2D eigenvalue weighted by molar-refractivity contribution is 0.484. The zero-order chi connectivity index (χ0) is 13.0. The molecule has 1 aromatic carbocycles. The topological polar surface area (TPSA) is 12.0 Å². The van der Waals surface area contributed by atoms with E-state index in [1.165, 1.54) is 31.1 Å². The molecule has 1 saturated heterocycles. The molecule has 1 nitrogen and oxygen atoms in total. The van der Waals surface area contributed by atoms with Gasteiger partial charge in [0.1, 0.15) is 5.82 Å². The Morgan fingerprint density at radius 3 is 2.94 bits per heavy atom. The molecule has 100 valence electrons. The van der Waals surface area contributed by atoms with Crippen LogP contribution in [0.2, 0.25) is 5.02 Å². The van der Waals surface area contributed by atoms with Crippen LogP contribution in [-0.4, -0.2) is 24.1 Å². The first-order valence-corrected chi connectivity index (χ1v) is 7.86. The van der Waals surface area contributed by atoms with Crippen LogP contribution in [0.25, 0.3) is 0 Å². The number of benzene rings is 1. The molecule has 0 spiro atoms. The number of hydrogen-bond donors (Lipinski definition) is 1. The highest BCUT2D eigenvalue weighted by Crippen LogP contribution is 2.29. The smallest absolute Gasteiger partial charge is 0.127 e. The van der Waals surface area contributed by atoms with Crippen molar-refractivity contribution in [2.45, 2.75) is 37.0 Å². The van der Waals surface area contributed by atoms with Gasteiger partial charge in [-0.25, -0.2) is 4.39 Å². The summed E-state index contributed by atoms with van der Waals surface area (Å²) in [6.07, 6.45) is 4.56. The summed E-state index contributed by atoms with van der Waals surface area (Å²) >= 11 is 7.79. The molecule has 0 aromatic heterocycles. The van der Waals surface area contributed by atoms with Gasteiger partial charge in [0.2, 0.25) is 0 Å². The van der Waals surface area contributed by atoms with Gasteiger partial charge in [0.15, 0.2) is 0 Å². The quantitative estimate of drug-likeness (QED) is 0.901. The number of likely N-dealkylation sites (N-methyl/N-ethyl adjacent to an activating group) is 1. The molecule has 0 radical (unpaired) electrons. The Labute approximate surface area is 117 Å². The van der Waals surface area contributed by atoms with Crippen LogP contribution in [-0.2, 0) is 6.42 Å². The van der Waals surface area contributed by atoms with Crippen LogP contribution in [0, 0.1) is 5.82 Å². The van der Waals surface area contributed by atoms with Crippen molar-refractivity contribution >= 4 is 23.4 Å². The number of halogens is 2. The average Bonchev–Trinajstić information content (AvgIpc) is 2.39. The molecule has 4 heteroatoms. The largest absolute Gasteiger partial charge is 0.316 e. The molecule has 1 N–H and O–H groups in total. The lowest BCUT2D eigenvalue weighted by Crippen LogP contribution is -2.39. The zero-order valence-corrected chi connectivity index (χ0v) is 12.2. The highest BCUT2D eigenvalue weighted by molar-refractivity contribution is 8.00. The van der Waals surface area contributed by atoms with E-state index in [2.05, 4.69) is 5.32 Å². The first-order chi connectivity index (χ1) is 8.70. The lowest BCUT2D eigenvalue weighted by atomic mass is 9.99. The van der Waals surface area contributed by atoms with Crippen molar-refractivity contribution in [3.63, 3.8) is 0 Å². The lowest BCUT2D eigenvalue weighted by Gasteiger charge is -2.29. The fourth-order valence-corrected chi connectivity index (χ4v) is 4.06. The fraction of sp³-hybridized carbons (Fsp3) is 0.571. The summed E-state index contributed by atoms with van der Waals surface area (Å²) in [5.74, 6) is 1.04. The van der Waals surface area contributed by atoms with E-state index in [4.69, 9.17) is 11.6 Å². The third kappa shape index (κ3) is 3.62. The molecule has 0 aliphatic carbocycles. The van der Waals surface area contributed by atoms with E-state index in [9.17, 15) is 4.39 Å². The summed E-state index contributed by atoms with van der Waals surface area (Å²) in [5.41, 5.74) is 0.755. The van der Waals surface area contributed by atoms with E-state index in [0.717, 1.165) is 12.0 Å². The minimum absolute atomic E-state index is 0.191. The third-order valence-electron chi connectivity index (χ3n) is 3.49. The van der Waals surface area contributed by atoms with Crippen LogP contribution in [0.1, 0.15) is 24.8 Å². The van der Waals surface area contributed by atoms with Crippen LogP contribution >= 0.6 is 23.4 Å². The van der Waals surface area contributed by atoms with Gasteiger partial charge in [-0.3, -0.25) is 0 Å². The van der Waals surface area contributed by atoms with Crippen molar-refractivity contribution in [2.24, 2.45) is 0 Å². The molecule has 1 aliphatic heterocycles. The summed E-state index contributed by atoms with van der Waals surface area (Å²) in [7, 11) is 1.97. The van der Waals surface area contributed by atoms with Crippen molar-refractivity contribution in [1.29, 1.82) is 0 Å². The zero-order valence-electron chi connectivity index (χ0n) is 10.6. The molecular weight excluding hydrogens is 269 g/mol. The van der Waals surface area contributed by atoms with Gasteiger partial charge in [0, 0.05) is 16.3 Å². The van der Waals surface area contributed by atoms with Gasteiger partial charge in [-0.1, -0.05) is 24.1 Å². The maximum absolute atomic E-state index is 13.8. The third-order valence-corrected chi connectivity index (χ3v) is 5.24. The van der Waals surface area contributed by atoms with Gasteiger partial charge in [-0.05, 0) is 49.8 Å². The maximum Gasteiger partial charge on any atom is 0.127 e. The van der Waals surface area contributed by atoms with Gasteiger partial charge >= 0.3 is 0 Å². The molecule has 1 aliphatic rings. The predicted molar refractivity (Wildman–Crippen MR) is 78.1 cm³/mol. The fourth-order valence-electron chi connectivity index (χ4n) is 2.43. The van der Waals surface area contributed by atoms with Crippen molar-refractivity contribution in [3.05, 3.63) is 34.6 Å². The molecule has 0 saturated carbocycles. The second kappa shape index (κ2) is 6.78. The molecule has 0 bridgehead atoms. The Morgan fingerprint density at radius 1 is 1.50 bits per heavy atom. The van der Waals surface area contributed by atoms with Crippen LogP contribution in [0.5, 0.6) is 0 Å². The van der Waals surface area contributed by atoms with Gasteiger partial charge < -0.3 is 5.32 Å². The molecule has 2 atom stereocenters. The van der Waals surface area contributed by atoms with Gasteiger partial charge in [-0.2, -0.15) is 11.8 Å². The first-order valence-electron chi connectivity index (χ1n) is 6.43. The Balaban J connectivity index is 2.04. The number of nitrogens with one attached hydrogen (secondary N) is 1. The minimum Gasteiger partial charge on any atom is -0.316 e. The van der Waals surface area contributed by atoms with E-state index < -0.39 is 0 Å². The Kier molecular flexibility index (Phi) is 5.34. The normalized spacial score (nSPS) is 21.8. The van der Waals surface area contributed by atoms with E-state index in [1.54, 1.807) is 12.1 Å². The van der Waals surface area contributed by atoms with Crippen LogP contribution in [0.3, 0.4) is 0 Å². The molecule has 18 heavy (non-hydrogen) atoms. The molecule has 2 rings (SSSR count). The predicted octanol–water partition coefficient (Wildman–Crippen LogP) is 3.90. The maximum atomic E-state index is 13.8. The second-order valence-corrected chi connectivity index (χ2v) is 6.52. The van der Waals surface area contributed by atoms with E-state index >= 15 is 0 Å². The molecule has 1 heterocycles. The van der Waals surface area contributed by atoms with Crippen molar-refractivity contribution in [3.8, 4) is 0 Å². The highest BCUT2D eigenvalue weighted by atomic mass is 35.5. The van der Waals surface area contributed by atoms with Crippen LogP contribution in [0.15, 0.2) is 18.2 Å².